The van der Waals surface area contributed by atoms with Crippen LogP contribution in [-0.4, -0.2) is 28.5 Å². The van der Waals surface area contributed by atoms with Gasteiger partial charge in [0, 0.05) is 16.5 Å². The molecule has 0 saturated carbocycles. The van der Waals surface area contributed by atoms with E-state index in [0.717, 1.165) is 35.8 Å². The predicted molar refractivity (Wildman–Crippen MR) is 122 cm³/mol. The van der Waals surface area contributed by atoms with Crippen LogP contribution in [0.25, 0.3) is 0 Å². The van der Waals surface area contributed by atoms with E-state index in [1.165, 1.54) is 23.5 Å². The summed E-state index contributed by atoms with van der Waals surface area (Å²) in [7, 11) is 0. The minimum atomic E-state index is -0.626. The third kappa shape index (κ3) is 5.00. The first kappa shape index (κ1) is 22.6. The number of fused-ring (bicyclic) bond motifs is 1. The molecule has 2 amide bonds. The molecule has 0 saturated heterocycles. The van der Waals surface area contributed by atoms with Gasteiger partial charge >= 0.3 is 5.69 Å². The standard InChI is InChI=1S/C20H22N4O5S2/c1-3-29-14-7-5-11(9-13(14)24(27)28)18(26)22-20(30)23-19-16(17(21)25)12-6-4-10(2)8-15(12)31-19/h5,7,9-10H,3-4,6,8H2,1-2H3,(H2,21,25)(H2,22,23,26,30)/t10-/m0/s1. The summed E-state index contributed by atoms with van der Waals surface area (Å²) >= 11 is 6.63. The molecule has 0 radical (unpaired) electrons. The smallest absolute Gasteiger partial charge is 0.311 e. The van der Waals surface area contributed by atoms with Gasteiger partial charge in [0.05, 0.1) is 17.1 Å². The Hall–Kier alpha value is -3.05. The van der Waals surface area contributed by atoms with Crippen LogP contribution < -0.4 is 21.1 Å². The van der Waals surface area contributed by atoms with Gasteiger partial charge in [-0.15, -0.1) is 11.3 Å². The van der Waals surface area contributed by atoms with Gasteiger partial charge in [-0.3, -0.25) is 25.0 Å². The number of carbonyl (C=O) groups is 2. The van der Waals surface area contributed by atoms with E-state index in [0.29, 0.717) is 16.5 Å². The lowest BCUT2D eigenvalue weighted by Gasteiger charge is -2.18. The maximum Gasteiger partial charge on any atom is 0.311 e. The van der Waals surface area contributed by atoms with Crippen molar-refractivity contribution < 1.29 is 19.2 Å². The Labute approximate surface area is 188 Å². The highest BCUT2D eigenvalue weighted by Crippen LogP contribution is 2.39. The number of ether oxygens (including phenoxy) is 1. The molecule has 4 N–H and O–H groups in total. The van der Waals surface area contributed by atoms with E-state index in [1.54, 1.807) is 6.92 Å². The zero-order valence-corrected chi connectivity index (χ0v) is 18.7. The molecule has 1 aliphatic rings. The summed E-state index contributed by atoms with van der Waals surface area (Å²) in [6.45, 7) is 4.12. The molecule has 0 spiro atoms. The maximum absolute atomic E-state index is 12.6. The number of primary amides is 1. The molecule has 31 heavy (non-hydrogen) atoms. The Morgan fingerprint density at radius 1 is 1.42 bits per heavy atom. The predicted octanol–water partition coefficient (Wildman–Crippen LogP) is 3.41. The van der Waals surface area contributed by atoms with Crippen LogP contribution in [0.2, 0.25) is 0 Å². The second-order valence-electron chi connectivity index (χ2n) is 7.20. The molecular weight excluding hydrogens is 440 g/mol. The van der Waals surface area contributed by atoms with Crippen LogP contribution in [0, 0.1) is 16.0 Å². The Balaban J connectivity index is 1.77. The zero-order valence-electron chi connectivity index (χ0n) is 17.0. The largest absolute Gasteiger partial charge is 0.487 e. The Bertz CT molecular complexity index is 1070. The number of amides is 2. The van der Waals surface area contributed by atoms with Gasteiger partial charge in [0.1, 0.15) is 5.00 Å². The van der Waals surface area contributed by atoms with Crippen molar-refractivity contribution in [2.45, 2.75) is 33.1 Å². The molecule has 0 aliphatic heterocycles. The first-order valence-corrected chi connectivity index (χ1v) is 10.9. The summed E-state index contributed by atoms with van der Waals surface area (Å²) in [4.78, 5) is 36.3. The number of nitro groups is 1. The first-order valence-electron chi connectivity index (χ1n) is 9.69. The van der Waals surface area contributed by atoms with Crippen molar-refractivity contribution in [3.63, 3.8) is 0 Å². The molecule has 164 valence electrons. The average molecular weight is 463 g/mol. The summed E-state index contributed by atoms with van der Waals surface area (Å²) in [5.41, 5.74) is 6.67. The van der Waals surface area contributed by atoms with Crippen LogP contribution in [0.4, 0.5) is 10.7 Å². The fraction of sp³-hybridized carbons (Fsp3) is 0.350. The highest BCUT2D eigenvalue weighted by molar-refractivity contribution is 7.80. The monoisotopic (exact) mass is 462 g/mol. The van der Waals surface area contributed by atoms with Crippen molar-refractivity contribution in [3.8, 4) is 5.75 Å². The molecule has 0 unspecified atom stereocenters. The fourth-order valence-electron chi connectivity index (χ4n) is 3.49. The normalized spacial score (nSPS) is 15.0. The number of nitrogens with one attached hydrogen (secondary N) is 2. The SMILES string of the molecule is CCOc1ccc(C(=O)NC(=S)Nc2sc3c(c2C(N)=O)CC[C@H](C)C3)cc1[N+](=O)[O-]. The molecular formula is C20H22N4O5S2. The molecule has 3 rings (SSSR count). The van der Waals surface area contributed by atoms with Gasteiger partial charge in [-0.1, -0.05) is 6.92 Å². The van der Waals surface area contributed by atoms with E-state index in [9.17, 15) is 19.7 Å². The number of rotatable bonds is 6. The maximum atomic E-state index is 12.6. The number of nitrogens with two attached hydrogens (primary N) is 1. The minimum absolute atomic E-state index is 0.0318. The fourth-order valence-corrected chi connectivity index (χ4v) is 5.17. The number of thiophene rings is 1. The van der Waals surface area contributed by atoms with E-state index in [2.05, 4.69) is 17.6 Å². The molecule has 9 nitrogen and oxygen atoms in total. The Kier molecular flexibility index (Phi) is 6.86. The van der Waals surface area contributed by atoms with Crippen molar-refractivity contribution in [2.75, 3.05) is 11.9 Å². The Morgan fingerprint density at radius 2 is 2.16 bits per heavy atom. The van der Waals surface area contributed by atoms with Gasteiger partial charge < -0.3 is 15.8 Å². The van der Waals surface area contributed by atoms with Gasteiger partial charge in [0.15, 0.2) is 10.9 Å². The van der Waals surface area contributed by atoms with Crippen LogP contribution >= 0.6 is 23.6 Å². The quantitative estimate of drug-likeness (QED) is 0.340. The molecule has 11 heteroatoms. The Morgan fingerprint density at radius 3 is 2.81 bits per heavy atom. The van der Waals surface area contributed by atoms with Crippen molar-refractivity contribution >= 4 is 51.2 Å². The molecule has 1 atom stereocenters. The number of thiocarbonyl (C=S) groups is 1. The van der Waals surface area contributed by atoms with E-state index < -0.39 is 16.7 Å². The molecule has 0 fully saturated rings. The molecule has 2 aromatic rings. The van der Waals surface area contributed by atoms with Crippen LogP contribution in [0.3, 0.4) is 0 Å². The van der Waals surface area contributed by atoms with Crippen molar-refractivity contribution in [1.29, 1.82) is 0 Å². The van der Waals surface area contributed by atoms with Crippen LogP contribution in [0.5, 0.6) is 5.75 Å². The summed E-state index contributed by atoms with van der Waals surface area (Å²) in [5, 5.41) is 17.1. The molecule has 1 aliphatic carbocycles. The first-order chi connectivity index (χ1) is 14.7. The molecule has 1 aromatic heterocycles. The van der Waals surface area contributed by atoms with Gasteiger partial charge in [-0.05, 0) is 62.0 Å². The van der Waals surface area contributed by atoms with Gasteiger partial charge in [0.2, 0.25) is 0 Å². The average Bonchev–Trinajstić information content (AvgIpc) is 3.04. The number of hydrogen-bond donors (Lipinski definition) is 3. The number of anilines is 1. The van der Waals surface area contributed by atoms with Crippen LogP contribution in [0.15, 0.2) is 18.2 Å². The van der Waals surface area contributed by atoms with E-state index in [1.807, 2.05) is 0 Å². The van der Waals surface area contributed by atoms with Crippen LogP contribution in [0.1, 0.15) is 51.4 Å². The van der Waals surface area contributed by atoms with E-state index in [4.69, 9.17) is 22.7 Å². The van der Waals surface area contributed by atoms with Gasteiger partial charge in [-0.2, -0.15) is 0 Å². The summed E-state index contributed by atoms with van der Waals surface area (Å²) in [6.07, 6.45) is 2.60. The van der Waals surface area contributed by atoms with E-state index in [-0.39, 0.29) is 28.7 Å². The lowest BCUT2D eigenvalue weighted by atomic mass is 9.88. The topological polar surface area (TPSA) is 137 Å². The lowest BCUT2D eigenvalue weighted by molar-refractivity contribution is -0.385. The van der Waals surface area contributed by atoms with Crippen molar-refractivity contribution in [2.24, 2.45) is 11.7 Å². The van der Waals surface area contributed by atoms with E-state index >= 15 is 0 Å². The second-order valence-corrected chi connectivity index (χ2v) is 8.71. The van der Waals surface area contributed by atoms with Gasteiger partial charge in [-0.25, -0.2) is 0 Å². The molecule has 0 bridgehead atoms. The third-order valence-electron chi connectivity index (χ3n) is 4.93. The number of nitro benzene ring substituents is 1. The third-order valence-corrected chi connectivity index (χ3v) is 6.30. The summed E-state index contributed by atoms with van der Waals surface area (Å²) in [6, 6.07) is 3.91. The number of carbonyl (C=O) groups excluding carboxylic acids is 2. The number of nitrogens with zero attached hydrogens (tertiary/aromatic N) is 1. The highest BCUT2D eigenvalue weighted by Gasteiger charge is 2.27. The molecule has 1 heterocycles. The molecule has 1 aromatic carbocycles. The lowest BCUT2D eigenvalue weighted by Crippen LogP contribution is -2.34. The minimum Gasteiger partial charge on any atom is -0.487 e. The number of hydrogen-bond acceptors (Lipinski definition) is 7. The van der Waals surface area contributed by atoms with Crippen molar-refractivity contribution in [3.05, 3.63) is 49.9 Å². The highest BCUT2D eigenvalue weighted by atomic mass is 32.1. The zero-order chi connectivity index (χ0) is 22.7. The summed E-state index contributed by atoms with van der Waals surface area (Å²) < 4.78 is 5.22. The second kappa shape index (κ2) is 9.40. The van der Waals surface area contributed by atoms with Crippen molar-refractivity contribution in [1.82, 2.24) is 5.32 Å². The summed E-state index contributed by atoms with van der Waals surface area (Å²) in [5.74, 6) is -0.582. The van der Waals surface area contributed by atoms with Crippen LogP contribution in [-0.2, 0) is 12.8 Å². The number of benzene rings is 1. The van der Waals surface area contributed by atoms with Gasteiger partial charge in [0.25, 0.3) is 11.8 Å².